The van der Waals surface area contributed by atoms with Gasteiger partial charge in [0.2, 0.25) is 0 Å². The van der Waals surface area contributed by atoms with Crippen molar-refractivity contribution in [1.82, 2.24) is 0 Å². The second kappa shape index (κ2) is 15.2. The number of unbranched alkanes of at least 4 members (excludes halogenated alkanes) is 11. The molecular formula is C20H39BrO2Si. The smallest absolute Gasteiger partial charge is 0.333 e. The molecule has 24 heavy (non-hydrogen) atoms. The minimum absolute atomic E-state index is 0.256. The minimum Gasteiger partial charge on any atom is -0.462 e. The van der Waals surface area contributed by atoms with Crippen LogP contribution in [0.15, 0.2) is 12.2 Å². The maximum atomic E-state index is 11.2. The average Bonchev–Trinajstić information content (AvgIpc) is 2.49. The van der Waals surface area contributed by atoms with Gasteiger partial charge in [-0.15, -0.1) is 15.3 Å². The zero-order valence-electron chi connectivity index (χ0n) is 16.3. The molecule has 0 aromatic rings. The van der Waals surface area contributed by atoms with Gasteiger partial charge in [0.15, 0.2) is 0 Å². The Morgan fingerprint density at radius 2 is 1.21 bits per heavy atom. The van der Waals surface area contributed by atoms with Gasteiger partial charge in [-0.3, -0.25) is 0 Å². The van der Waals surface area contributed by atoms with E-state index >= 15 is 0 Å². The largest absolute Gasteiger partial charge is 0.462 e. The van der Waals surface area contributed by atoms with Crippen molar-refractivity contribution in [2.75, 3.05) is 6.61 Å². The van der Waals surface area contributed by atoms with Crippen LogP contribution in [-0.2, 0) is 9.53 Å². The van der Waals surface area contributed by atoms with E-state index < -0.39 is 6.69 Å². The molecule has 0 unspecified atom stereocenters. The molecule has 0 aliphatic heterocycles. The van der Waals surface area contributed by atoms with E-state index in [1.54, 1.807) is 6.92 Å². The lowest BCUT2D eigenvalue weighted by molar-refractivity contribution is -0.139. The normalized spacial score (nSPS) is 11.5. The van der Waals surface area contributed by atoms with Crippen LogP contribution in [0, 0.1) is 0 Å². The van der Waals surface area contributed by atoms with Gasteiger partial charge >= 0.3 is 5.97 Å². The molecule has 2 nitrogen and oxygen atoms in total. The molecule has 0 rings (SSSR count). The highest BCUT2D eigenvalue weighted by molar-refractivity contribution is 9.26. The molecule has 0 aliphatic rings. The predicted molar refractivity (Wildman–Crippen MR) is 112 cm³/mol. The van der Waals surface area contributed by atoms with Crippen LogP contribution in [0.5, 0.6) is 0 Å². The predicted octanol–water partition coefficient (Wildman–Crippen LogP) is 7.39. The minimum atomic E-state index is -0.987. The van der Waals surface area contributed by atoms with Gasteiger partial charge in [-0.2, -0.15) is 0 Å². The van der Waals surface area contributed by atoms with Crippen molar-refractivity contribution in [2.45, 2.75) is 103 Å². The van der Waals surface area contributed by atoms with E-state index in [1.165, 1.54) is 70.3 Å². The summed E-state index contributed by atoms with van der Waals surface area (Å²) in [4.78, 5) is 11.2. The second-order valence-corrected chi connectivity index (χ2v) is 18.0. The zero-order chi connectivity index (χ0) is 18.3. The molecule has 4 heteroatoms. The van der Waals surface area contributed by atoms with Crippen LogP contribution in [0.2, 0.25) is 19.1 Å². The van der Waals surface area contributed by atoms with Crippen LogP contribution in [0.1, 0.15) is 84.0 Å². The Labute approximate surface area is 159 Å². The quantitative estimate of drug-likeness (QED) is 0.0857. The fourth-order valence-electron chi connectivity index (χ4n) is 2.70. The molecule has 0 atom stereocenters. The van der Waals surface area contributed by atoms with E-state index in [0.717, 1.165) is 12.8 Å². The van der Waals surface area contributed by atoms with Crippen LogP contribution in [0.4, 0.5) is 0 Å². The molecular weight excluding hydrogens is 380 g/mol. The summed E-state index contributed by atoms with van der Waals surface area (Å²) in [6.45, 7) is 9.60. The molecule has 0 radical (unpaired) electrons. The SMILES string of the molecule is C=C(C)C(=O)OCCCCCCCCCCCCCC[Si](C)(C)Br. The maximum Gasteiger partial charge on any atom is 0.333 e. The van der Waals surface area contributed by atoms with Crippen LogP contribution >= 0.6 is 15.3 Å². The fraction of sp³-hybridized carbons (Fsp3) is 0.850. The van der Waals surface area contributed by atoms with Crippen molar-refractivity contribution >= 4 is 28.0 Å². The average molecular weight is 420 g/mol. The Morgan fingerprint density at radius 3 is 1.58 bits per heavy atom. The summed E-state index contributed by atoms with van der Waals surface area (Å²) in [5.74, 6) is -0.256. The number of esters is 1. The lowest BCUT2D eigenvalue weighted by Gasteiger charge is -2.12. The van der Waals surface area contributed by atoms with E-state index in [4.69, 9.17) is 4.74 Å². The third-order valence-electron chi connectivity index (χ3n) is 4.25. The van der Waals surface area contributed by atoms with E-state index in [0.29, 0.717) is 12.2 Å². The highest BCUT2D eigenvalue weighted by atomic mass is 79.9. The van der Waals surface area contributed by atoms with Gasteiger partial charge in [0.05, 0.1) is 6.61 Å². The third kappa shape index (κ3) is 18.2. The summed E-state index contributed by atoms with van der Waals surface area (Å²) in [6.07, 6.45) is 15.9. The van der Waals surface area contributed by atoms with Gasteiger partial charge < -0.3 is 4.74 Å². The van der Waals surface area contributed by atoms with Gasteiger partial charge in [-0.25, -0.2) is 4.79 Å². The highest BCUT2D eigenvalue weighted by Gasteiger charge is 2.14. The zero-order valence-corrected chi connectivity index (χ0v) is 18.9. The molecule has 0 N–H and O–H groups in total. The number of hydrogen-bond donors (Lipinski definition) is 0. The van der Waals surface area contributed by atoms with Gasteiger partial charge in [-0.1, -0.05) is 90.3 Å². The summed E-state index contributed by atoms with van der Waals surface area (Å²) >= 11 is 3.84. The van der Waals surface area contributed by atoms with Gasteiger partial charge in [0.25, 0.3) is 0 Å². The van der Waals surface area contributed by atoms with Crippen molar-refractivity contribution in [1.29, 1.82) is 0 Å². The molecule has 0 saturated carbocycles. The number of carbonyl (C=O) groups is 1. The third-order valence-corrected chi connectivity index (χ3v) is 6.98. The Bertz CT molecular complexity index is 337. The first-order valence-corrected chi connectivity index (χ1v) is 15.3. The molecule has 0 aromatic carbocycles. The highest BCUT2D eigenvalue weighted by Crippen LogP contribution is 2.21. The number of hydrogen-bond acceptors (Lipinski definition) is 2. The van der Waals surface area contributed by atoms with E-state index in [2.05, 4.69) is 35.0 Å². The number of rotatable bonds is 16. The van der Waals surface area contributed by atoms with E-state index in [-0.39, 0.29) is 5.97 Å². The van der Waals surface area contributed by atoms with E-state index in [9.17, 15) is 4.79 Å². The van der Waals surface area contributed by atoms with Crippen LogP contribution < -0.4 is 0 Å². The van der Waals surface area contributed by atoms with Gasteiger partial charge in [-0.05, 0) is 19.4 Å². The van der Waals surface area contributed by atoms with E-state index in [1.807, 2.05) is 0 Å². The molecule has 0 amide bonds. The monoisotopic (exact) mass is 418 g/mol. The fourth-order valence-corrected chi connectivity index (χ4v) is 4.64. The first-order valence-electron chi connectivity index (χ1n) is 9.84. The lowest BCUT2D eigenvalue weighted by Crippen LogP contribution is -2.13. The Hall–Kier alpha value is -0.0931. The van der Waals surface area contributed by atoms with Crippen LogP contribution in [-0.4, -0.2) is 19.3 Å². The van der Waals surface area contributed by atoms with Crippen molar-refractivity contribution in [3.63, 3.8) is 0 Å². The summed E-state index contributed by atoms with van der Waals surface area (Å²) in [5.41, 5.74) is 0.490. The summed E-state index contributed by atoms with van der Waals surface area (Å²) in [6, 6.07) is 1.42. The van der Waals surface area contributed by atoms with Gasteiger partial charge in [0.1, 0.15) is 6.69 Å². The maximum absolute atomic E-state index is 11.2. The number of halogens is 1. The molecule has 142 valence electrons. The Balaban J connectivity index is 3.13. The second-order valence-electron chi connectivity index (χ2n) is 7.63. The van der Waals surface area contributed by atoms with Crippen LogP contribution in [0.3, 0.4) is 0 Å². The molecule has 0 aliphatic carbocycles. The number of ether oxygens (including phenoxy) is 1. The lowest BCUT2D eigenvalue weighted by atomic mass is 10.1. The van der Waals surface area contributed by atoms with Crippen molar-refractivity contribution < 1.29 is 9.53 Å². The van der Waals surface area contributed by atoms with Crippen molar-refractivity contribution in [3.8, 4) is 0 Å². The molecule has 0 heterocycles. The molecule has 0 bridgehead atoms. The molecule has 0 fully saturated rings. The Kier molecular flexibility index (Phi) is 15.1. The first-order chi connectivity index (χ1) is 11.3. The Morgan fingerprint density at radius 1 is 0.833 bits per heavy atom. The summed E-state index contributed by atoms with van der Waals surface area (Å²) in [7, 11) is 0. The number of carbonyl (C=O) groups excluding carboxylic acids is 1. The first kappa shape index (κ1) is 23.9. The van der Waals surface area contributed by atoms with Crippen molar-refractivity contribution in [3.05, 3.63) is 12.2 Å². The van der Waals surface area contributed by atoms with Crippen molar-refractivity contribution in [2.24, 2.45) is 0 Å². The van der Waals surface area contributed by atoms with Gasteiger partial charge in [0, 0.05) is 5.57 Å². The molecule has 0 aromatic heterocycles. The topological polar surface area (TPSA) is 26.3 Å². The molecule has 0 spiro atoms. The summed E-state index contributed by atoms with van der Waals surface area (Å²) < 4.78 is 5.08. The molecule has 0 saturated heterocycles. The van der Waals surface area contributed by atoms with Crippen LogP contribution in [0.25, 0.3) is 0 Å². The summed E-state index contributed by atoms with van der Waals surface area (Å²) in [5, 5.41) is 0. The standard InChI is InChI=1S/C20H39BrO2Si/c1-19(2)20(22)23-17-15-13-11-9-7-5-6-8-10-12-14-16-18-24(3,4)21/h1,5-18H2,2-4H3.